The minimum atomic E-state index is -0.863. The quantitative estimate of drug-likeness (QED) is 0.909. The van der Waals surface area contributed by atoms with Crippen LogP contribution in [0, 0.1) is 0 Å². The van der Waals surface area contributed by atoms with Crippen molar-refractivity contribution in [2.24, 2.45) is 0 Å². The third-order valence-corrected chi connectivity index (χ3v) is 3.41. The van der Waals surface area contributed by atoms with Gasteiger partial charge in [0.25, 0.3) is 0 Å². The molecule has 1 N–H and O–H groups in total. The molecule has 0 bridgehead atoms. The molecule has 1 atom stereocenters. The van der Waals surface area contributed by atoms with E-state index >= 15 is 0 Å². The number of pyridine rings is 1. The fraction of sp³-hybridized carbons (Fsp3) is 0.429. The molecule has 0 saturated carbocycles. The number of nitrogens with zero attached hydrogens (tertiary/aromatic N) is 2. The first-order valence-electron chi connectivity index (χ1n) is 6.28. The molecule has 2 heterocycles. The van der Waals surface area contributed by atoms with Crippen LogP contribution in [0.2, 0.25) is 0 Å². The van der Waals surface area contributed by atoms with E-state index in [4.69, 9.17) is 9.84 Å². The molecule has 1 aromatic rings. The third kappa shape index (κ3) is 3.12. The molecule has 0 fully saturated rings. The van der Waals surface area contributed by atoms with Crippen LogP contribution in [0.1, 0.15) is 30.7 Å². The summed E-state index contributed by atoms with van der Waals surface area (Å²) < 4.78 is 5.21. The molecule has 0 spiro atoms. The highest BCUT2D eigenvalue weighted by Crippen LogP contribution is 2.23. The summed E-state index contributed by atoms with van der Waals surface area (Å²) in [5.74, 6) is 0. The van der Waals surface area contributed by atoms with Crippen molar-refractivity contribution < 1.29 is 14.6 Å². The number of carboxylic acid groups (broad SMARTS) is 1. The van der Waals surface area contributed by atoms with Gasteiger partial charge in [0.15, 0.2) is 0 Å². The summed E-state index contributed by atoms with van der Waals surface area (Å²) in [6, 6.07) is 3.97. The molecule has 1 aliphatic heterocycles. The van der Waals surface area contributed by atoms with Crippen LogP contribution in [0.4, 0.5) is 4.79 Å². The average Bonchev–Trinajstić information content (AvgIpc) is 2.46. The third-order valence-electron chi connectivity index (χ3n) is 3.41. The van der Waals surface area contributed by atoms with Gasteiger partial charge >= 0.3 is 6.09 Å². The lowest BCUT2D eigenvalue weighted by atomic mass is 10.0. The maximum Gasteiger partial charge on any atom is 0.407 e. The Morgan fingerprint density at radius 3 is 2.79 bits per heavy atom. The van der Waals surface area contributed by atoms with Gasteiger partial charge in [-0.1, -0.05) is 12.1 Å². The minimum Gasteiger partial charge on any atom is -0.465 e. The number of aromatic nitrogens is 1. The van der Waals surface area contributed by atoms with Crippen molar-refractivity contribution in [2.75, 3.05) is 20.2 Å². The van der Waals surface area contributed by atoms with Gasteiger partial charge in [-0.05, 0) is 30.5 Å². The summed E-state index contributed by atoms with van der Waals surface area (Å²) in [7, 11) is 1.66. The Morgan fingerprint density at radius 2 is 2.32 bits per heavy atom. The first-order chi connectivity index (χ1) is 9.11. The summed E-state index contributed by atoms with van der Waals surface area (Å²) in [4.78, 5) is 16.6. The van der Waals surface area contributed by atoms with E-state index < -0.39 is 6.09 Å². The van der Waals surface area contributed by atoms with Crippen molar-refractivity contribution >= 4 is 11.7 Å². The molecular formula is C14H18N2O3. The molecule has 0 radical (unpaired) electrons. The van der Waals surface area contributed by atoms with E-state index in [1.165, 1.54) is 4.90 Å². The van der Waals surface area contributed by atoms with Crippen LogP contribution >= 0.6 is 0 Å². The normalized spacial score (nSPS) is 16.9. The first kappa shape index (κ1) is 13.5. The van der Waals surface area contributed by atoms with Crippen molar-refractivity contribution in [3.8, 4) is 0 Å². The Morgan fingerprint density at radius 1 is 1.53 bits per heavy atom. The summed E-state index contributed by atoms with van der Waals surface area (Å²) in [5, 5.41) is 8.89. The van der Waals surface area contributed by atoms with E-state index in [0.29, 0.717) is 13.1 Å². The molecule has 5 heteroatoms. The molecule has 0 saturated heterocycles. The summed E-state index contributed by atoms with van der Waals surface area (Å²) >= 11 is 0. The van der Waals surface area contributed by atoms with Crippen molar-refractivity contribution in [3.63, 3.8) is 0 Å². The molecule has 102 valence electrons. The van der Waals surface area contributed by atoms with Crippen LogP contribution in [0.25, 0.3) is 5.57 Å². The summed E-state index contributed by atoms with van der Waals surface area (Å²) in [5.41, 5.74) is 3.11. The SMILES string of the molecule is CO[C@@H](C)c1ccc(C2=CCN(C(=O)O)CC2)cn1. The lowest BCUT2D eigenvalue weighted by molar-refractivity contribution is 0.116. The largest absolute Gasteiger partial charge is 0.465 e. The van der Waals surface area contributed by atoms with Gasteiger partial charge < -0.3 is 14.7 Å². The van der Waals surface area contributed by atoms with E-state index in [1.807, 2.05) is 31.3 Å². The number of hydrogen-bond donors (Lipinski definition) is 1. The lowest BCUT2D eigenvalue weighted by Gasteiger charge is -2.23. The molecular weight excluding hydrogens is 244 g/mol. The smallest absolute Gasteiger partial charge is 0.407 e. The van der Waals surface area contributed by atoms with Crippen molar-refractivity contribution in [1.82, 2.24) is 9.88 Å². The van der Waals surface area contributed by atoms with Gasteiger partial charge in [0.1, 0.15) is 0 Å². The van der Waals surface area contributed by atoms with E-state index in [1.54, 1.807) is 7.11 Å². The van der Waals surface area contributed by atoms with Gasteiger partial charge in [-0.15, -0.1) is 0 Å². The summed E-state index contributed by atoms with van der Waals surface area (Å²) in [6.07, 6.45) is 3.63. The fourth-order valence-corrected chi connectivity index (χ4v) is 2.06. The van der Waals surface area contributed by atoms with Gasteiger partial charge in [0.05, 0.1) is 11.8 Å². The Balaban J connectivity index is 2.09. The van der Waals surface area contributed by atoms with Gasteiger partial charge in [0, 0.05) is 26.4 Å². The summed E-state index contributed by atoms with van der Waals surface area (Å²) in [6.45, 7) is 2.94. The molecule has 1 aliphatic rings. The average molecular weight is 262 g/mol. The predicted molar refractivity (Wildman–Crippen MR) is 71.9 cm³/mol. The van der Waals surface area contributed by atoms with Crippen LogP contribution in [0.3, 0.4) is 0 Å². The second kappa shape index (κ2) is 5.84. The van der Waals surface area contributed by atoms with E-state index in [0.717, 1.165) is 23.3 Å². The van der Waals surface area contributed by atoms with E-state index in [9.17, 15) is 4.79 Å². The number of rotatable bonds is 3. The number of carbonyl (C=O) groups is 1. The fourth-order valence-electron chi connectivity index (χ4n) is 2.06. The molecule has 1 amide bonds. The lowest BCUT2D eigenvalue weighted by Crippen LogP contribution is -2.33. The van der Waals surface area contributed by atoms with E-state index in [2.05, 4.69) is 4.98 Å². The predicted octanol–water partition coefficient (Wildman–Crippen LogP) is 2.56. The van der Waals surface area contributed by atoms with Crippen molar-refractivity contribution in [3.05, 3.63) is 35.7 Å². The maximum atomic E-state index is 10.8. The van der Waals surface area contributed by atoms with Crippen molar-refractivity contribution in [1.29, 1.82) is 0 Å². The van der Waals surface area contributed by atoms with Gasteiger partial charge in [-0.25, -0.2) is 4.79 Å². The Bertz CT molecular complexity index is 482. The second-order valence-corrected chi connectivity index (χ2v) is 4.56. The zero-order valence-corrected chi connectivity index (χ0v) is 11.2. The molecule has 0 aliphatic carbocycles. The number of amides is 1. The van der Waals surface area contributed by atoms with Gasteiger partial charge in [0.2, 0.25) is 0 Å². The minimum absolute atomic E-state index is 0.0168. The Kier molecular flexibility index (Phi) is 4.16. The van der Waals surface area contributed by atoms with Gasteiger partial charge in [-0.2, -0.15) is 0 Å². The topological polar surface area (TPSA) is 62.7 Å². The Hall–Kier alpha value is -1.88. The molecule has 2 rings (SSSR count). The van der Waals surface area contributed by atoms with Crippen LogP contribution < -0.4 is 0 Å². The van der Waals surface area contributed by atoms with Crippen LogP contribution in [-0.2, 0) is 4.74 Å². The molecule has 5 nitrogen and oxygen atoms in total. The molecule has 0 aromatic carbocycles. The highest BCUT2D eigenvalue weighted by atomic mass is 16.5. The van der Waals surface area contributed by atoms with Crippen LogP contribution in [-0.4, -0.2) is 41.3 Å². The van der Waals surface area contributed by atoms with Crippen LogP contribution in [0.15, 0.2) is 24.4 Å². The highest BCUT2D eigenvalue weighted by molar-refractivity contribution is 5.70. The monoisotopic (exact) mass is 262 g/mol. The van der Waals surface area contributed by atoms with Crippen molar-refractivity contribution in [2.45, 2.75) is 19.4 Å². The molecule has 19 heavy (non-hydrogen) atoms. The molecule has 0 unspecified atom stereocenters. The Labute approximate surface area is 112 Å². The molecule has 1 aromatic heterocycles. The van der Waals surface area contributed by atoms with E-state index in [-0.39, 0.29) is 6.10 Å². The zero-order chi connectivity index (χ0) is 13.8. The second-order valence-electron chi connectivity index (χ2n) is 4.56. The number of methoxy groups -OCH3 is 1. The maximum absolute atomic E-state index is 10.8. The highest BCUT2D eigenvalue weighted by Gasteiger charge is 2.17. The number of hydrogen-bond acceptors (Lipinski definition) is 3. The standard InChI is InChI=1S/C14H18N2O3/c1-10(19-2)13-4-3-12(9-15-13)11-5-7-16(8-6-11)14(17)18/h3-5,9-10H,6-8H2,1-2H3,(H,17,18)/t10-/m0/s1. The van der Waals surface area contributed by atoms with Gasteiger partial charge in [-0.3, -0.25) is 4.98 Å². The first-order valence-corrected chi connectivity index (χ1v) is 6.28. The zero-order valence-electron chi connectivity index (χ0n) is 11.2. The van der Waals surface area contributed by atoms with Crippen LogP contribution in [0.5, 0.6) is 0 Å². The number of ether oxygens (including phenoxy) is 1.